The fourth-order valence-corrected chi connectivity index (χ4v) is 2.88. The molecule has 104 valence electrons. The van der Waals surface area contributed by atoms with Gasteiger partial charge < -0.3 is 10.3 Å². The lowest BCUT2D eigenvalue weighted by Gasteiger charge is -2.24. The molecule has 0 saturated carbocycles. The number of aromatic nitrogens is 2. The second kappa shape index (κ2) is 5.21. The fraction of sp³-hybridized carbons (Fsp3) is 0.375. The van der Waals surface area contributed by atoms with E-state index in [4.69, 9.17) is 5.73 Å². The average molecular weight is 269 g/mol. The van der Waals surface area contributed by atoms with Crippen molar-refractivity contribution in [3.05, 3.63) is 63.3 Å². The summed E-state index contributed by atoms with van der Waals surface area (Å²) in [4.78, 5) is 16.7. The van der Waals surface area contributed by atoms with Crippen LogP contribution in [0, 0.1) is 6.92 Å². The zero-order valence-corrected chi connectivity index (χ0v) is 11.7. The highest BCUT2D eigenvalue weighted by atomic mass is 16.1. The van der Waals surface area contributed by atoms with Crippen LogP contribution in [0.2, 0.25) is 0 Å². The lowest BCUT2D eigenvalue weighted by atomic mass is 9.92. The van der Waals surface area contributed by atoms with E-state index in [9.17, 15) is 4.79 Å². The topological polar surface area (TPSA) is 60.9 Å². The quantitative estimate of drug-likeness (QED) is 0.897. The molecule has 20 heavy (non-hydrogen) atoms. The van der Waals surface area contributed by atoms with Crippen LogP contribution in [0.1, 0.15) is 29.1 Å². The Morgan fingerprint density at radius 2 is 2.20 bits per heavy atom. The highest BCUT2D eigenvalue weighted by Gasteiger charge is 2.19. The molecule has 3 rings (SSSR count). The van der Waals surface area contributed by atoms with E-state index in [2.05, 4.69) is 4.98 Å². The third kappa shape index (κ3) is 2.51. The maximum Gasteiger partial charge on any atom is 0.251 e. The Labute approximate surface area is 118 Å². The highest BCUT2D eigenvalue weighted by molar-refractivity contribution is 5.26. The zero-order chi connectivity index (χ0) is 14.1. The van der Waals surface area contributed by atoms with Gasteiger partial charge in [-0.05, 0) is 43.9 Å². The zero-order valence-electron chi connectivity index (χ0n) is 11.7. The Hall–Kier alpha value is -1.94. The summed E-state index contributed by atoms with van der Waals surface area (Å²) in [5.41, 5.74) is 10.3. The first-order valence-corrected chi connectivity index (χ1v) is 7.03. The van der Waals surface area contributed by atoms with Crippen molar-refractivity contribution < 1.29 is 0 Å². The minimum absolute atomic E-state index is 0.0440. The van der Waals surface area contributed by atoms with Gasteiger partial charge in [0.25, 0.3) is 5.56 Å². The third-order valence-corrected chi connectivity index (χ3v) is 3.89. The summed E-state index contributed by atoms with van der Waals surface area (Å²) >= 11 is 0. The molecule has 0 spiro atoms. The number of nitrogens with two attached hydrogens (primary N) is 1. The van der Waals surface area contributed by atoms with Crippen molar-refractivity contribution in [1.82, 2.24) is 9.55 Å². The summed E-state index contributed by atoms with van der Waals surface area (Å²) in [6.45, 7) is 2.50. The predicted octanol–water partition coefficient (Wildman–Crippen LogP) is 1.42. The molecule has 1 aliphatic rings. The standard InChI is InChI=1S/C16H19N3O/c1-11-3-2-4-14(18-11)10-19-15-7-6-13(17)9-12(15)5-8-16(19)20/h2-5,8,13H,6-7,9-10,17H2,1H3. The maximum absolute atomic E-state index is 12.2. The van der Waals surface area contributed by atoms with Gasteiger partial charge in [0.15, 0.2) is 0 Å². The molecule has 0 amide bonds. The van der Waals surface area contributed by atoms with Gasteiger partial charge in [-0.2, -0.15) is 0 Å². The van der Waals surface area contributed by atoms with E-state index in [1.807, 2.05) is 35.8 Å². The van der Waals surface area contributed by atoms with Crippen LogP contribution in [0.15, 0.2) is 35.1 Å². The molecule has 1 aliphatic carbocycles. The van der Waals surface area contributed by atoms with Gasteiger partial charge in [-0.15, -0.1) is 0 Å². The first-order chi connectivity index (χ1) is 9.63. The van der Waals surface area contributed by atoms with Crippen LogP contribution in [-0.2, 0) is 19.4 Å². The number of hydrogen-bond acceptors (Lipinski definition) is 3. The molecule has 4 heteroatoms. The Morgan fingerprint density at radius 1 is 1.35 bits per heavy atom. The molecule has 1 atom stereocenters. The van der Waals surface area contributed by atoms with E-state index in [0.717, 1.165) is 36.3 Å². The third-order valence-electron chi connectivity index (χ3n) is 3.89. The molecule has 0 radical (unpaired) electrons. The largest absolute Gasteiger partial charge is 0.327 e. The molecule has 0 saturated heterocycles. The van der Waals surface area contributed by atoms with Gasteiger partial charge in [0.1, 0.15) is 0 Å². The van der Waals surface area contributed by atoms with Crippen molar-refractivity contribution >= 4 is 0 Å². The lowest BCUT2D eigenvalue weighted by molar-refractivity contribution is 0.535. The number of nitrogens with zero attached hydrogens (tertiary/aromatic N) is 2. The van der Waals surface area contributed by atoms with Crippen LogP contribution in [0.5, 0.6) is 0 Å². The molecule has 2 N–H and O–H groups in total. The molecule has 0 aliphatic heterocycles. The summed E-state index contributed by atoms with van der Waals surface area (Å²) in [6.07, 6.45) is 2.67. The molecule has 2 aromatic heterocycles. The van der Waals surface area contributed by atoms with Gasteiger partial charge in [-0.25, -0.2) is 0 Å². The summed E-state index contributed by atoms with van der Waals surface area (Å²) in [5.74, 6) is 0. The minimum Gasteiger partial charge on any atom is -0.327 e. The molecule has 2 aromatic rings. The van der Waals surface area contributed by atoms with Gasteiger partial charge >= 0.3 is 0 Å². The van der Waals surface area contributed by atoms with Gasteiger partial charge in [0.2, 0.25) is 0 Å². The maximum atomic E-state index is 12.2. The van der Waals surface area contributed by atoms with Crippen LogP contribution < -0.4 is 11.3 Å². The van der Waals surface area contributed by atoms with Crippen molar-refractivity contribution in [2.45, 2.75) is 38.8 Å². The summed E-state index contributed by atoms with van der Waals surface area (Å²) < 4.78 is 1.85. The van der Waals surface area contributed by atoms with E-state index in [0.29, 0.717) is 6.54 Å². The van der Waals surface area contributed by atoms with Gasteiger partial charge in [-0.1, -0.05) is 12.1 Å². The molecule has 0 bridgehead atoms. The van der Waals surface area contributed by atoms with Crippen LogP contribution in [0.3, 0.4) is 0 Å². The van der Waals surface area contributed by atoms with E-state index >= 15 is 0 Å². The van der Waals surface area contributed by atoms with Crippen molar-refractivity contribution in [3.63, 3.8) is 0 Å². The van der Waals surface area contributed by atoms with Crippen LogP contribution in [0.25, 0.3) is 0 Å². The van der Waals surface area contributed by atoms with Crippen molar-refractivity contribution in [2.24, 2.45) is 5.73 Å². The summed E-state index contributed by atoms with van der Waals surface area (Å²) in [5, 5.41) is 0. The van der Waals surface area contributed by atoms with Crippen LogP contribution in [0.4, 0.5) is 0 Å². The first-order valence-electron chi connectivity index (χ1n) is 7.03. The highest BCUT2D eigenvalue weighted by Crippen LogP contribution is 2.19. The SMILES string of the molecule is Cc1cccc(Cn2c3c(ccc2=O)CC(N)CC3)n1. The van der Waals surface area contributed by atoms with Gasteiger partial charge in [0.05, 0.1) is 12.2 Å². The fourth-order valence-electron chi connectivity index (χ4n) is 2.88. The van der Waals surface area contributed by atoms with Crippen molar-refractivity contribution in [2.75, 3.05) is 0 Å². The minimum atomic E-state index is 0.0440. The number of rotatable bonds is 2. The average Bonchev–Trinajstić information content (AvgIpc) is 2.42. The molecule has 1 unspecified atom stereocenters. The summed E-state index contributed by atoms with van der Waals surface area (Å²) in [7, 11) is 0. The normalized spacial score (nSPS) is 17.8. The molecule has 0 aromatic carbocycles. The van der Waals surface area contributed by atoms with Crippen LogP contribution in [-0.4, -0.2) is 15.6 Å². The van der Waals surface area contributed by atoms with E-state index in [1.165, 1.54) is 5.56 Å². The second-order valence-corrected chi connectivity index (χ2v) is 5.50. The number of aryl methyl sites for hydroxylation is 1. The predicted molar refractivity (Wildman–Crippen MR) is 78.8 cm³/mol. The molecular formula is C16H19N3O. The first kappa shape index (κ1) is 13.1. The number of hydrogen-bond donors (Lipinski definition) is 1. The van der Waals surface area contributed by atoms with Crippen molar-refractivity contribution in [1.29, 1.82) is 0 Å². The Kier molecular flexibility index (Phi) is 3.40. The Morgan fingerprint density at radius 3 is 3.00 bits per heavy atom. The van der Waals surface area contributed by atoms with Crippen LogP contribution >= 0.6 is 0 Å². The molecule has 0 fully saturated rings. The number of fused-ring (bicyclic) bond motifs is 1. The monoisotopic (exact) mass is 269 g/mol. The van der Waals surface area contributed by atoms with Crippen molar-refractivity contribution in [3.8, 4) is 0 Å². The Bertz CT molecular complexity index is 690. The van der Waals surface area contributed by atoms with Gasteiger partial charge in [-0.3, -0.25) is 9.78 Å². The van der Waals surface area contributed by atoms with E-state index in [1.54, 1.807) is 6.07 Å². The second-order valence-electron chi connectivity index (χ2n) is 5.50. The smallest absolute Gasteiger partial charge is 0.251 e. The van der Waals surface area contributed by atoms with E-state index < -0.39 is 0 Å². The molecule has 4 nitrogen and oxygen atoms in total. The number of pyridine rings is 2. The van der Waals surface area contributed by atoms with Gasteiger partial charge in [0, 0.05) is 23.5 Å². The lowest BCUT2D eigenvalue weighted by Crippen LogP contribution is -2.33. The summed E-state index contributed by atoms with van der Waals surface area (Å²) in [6, 6.07) is 9.70. The molecular weight excluding hydrogens is 250 g/mol. The molecule has 2 heterocycles. The van der Waals surface area contributed by atoms with E-state index in [-0.39, 0.29) is 11.6 Å². The Balaban J connectivity index is 2.01.